The molecule has 2 N–H and O–H groups in total. The van der Waals surface area contributed by atoms with Crippen molar-refractivity contribution in [2.75, 3.05) is 30.1 Å². The molecule has 1 aliphatic rings. The number of hydrogen-bond acceptors (Lipinski definition) is 5. The fourth-order valence-electron chi connectivity index (χ4n) is 3.15. The number of nitrogens with one attached hydrogen (secondary N) is 2. The van der Waals surface area contributed by atoms with Crippen molar-refractivity contribution >= 4 is 45.9 Å². The van der Waals surface area contributed by atoms with Crippen LogP contribution in [-0.4, -0.2) is 46.4 Å². The van der Waals surface area contributed by atoms with E-state index in [1.54, 1.807) is 12.1 Å². The quantitative estimate of drug-likeness (QED) is 0.456. The van der Waals surface area contributed by atoms with Crippen LogP contribution in [0.2, 0.25) is 0 Å². The predicted octanol–water partition coefficient (Wildman–Crippen LogP) is 3.72. The molecule has 2 aromatic rings. The van der Waals surface area contributed by atoms with Crippen LogP contribution in [0.25, 0.3) is 0 Å². The molecule has 0 bridgehead atoms. The maximum atomic E-state index is 14.2. The van der Waals surface area contributed by atoms with E-state index in [4.69, 9.17) is 4.74 Å². The molecule has 1 saturated heterocycles. The molecule has 0 spiro atoms. The van der Waals surface area contributed by atoms with Crippen LogP contribution >= 0.6 is 22.6 Å². The summed E-state index contributed by atoms with van der Waals surface area (Å²) in [5.41, 5.74) is 0.826. The molecule has 2 heterocycles. The molecular formula is C20H22FIN4O3. The van der Waals surface area contributed by atoms with E-state index < -0.39 is 11.7 Å². The zero-order chi connectivity index (χ0) is 20.8. The van der Waals surface area contributed by atoms with Gasteiger partial charge < -0.3 is 20.3 Å². The number of amides is 2. The molecule has 0 unspecified atom stereocenters. The maximum absolute atomic E-state index is 14.2. The van der Waals surface area contributed by atoms with Crippen molar-refractivity contribution in [1.82, 2.24) is 15.2 Å². The molecule has 9 heteroatoms. The topological polar surface area (TPSA) is 83.6 Å². The molecule has 0 atom stereocenters. The number of halogens is 2. The van der Waals surface area contributed by atoms with E-state index in [2.05, 4.69) is 38.2 Å². The number of anilines is 2. The van der Waals surface area contributed by atoms with Crippen molar-refractivity contribution in [3.05, 3.63) is 47.4 Å². The Bertz CT molecular complexity index is 903. The van der Waals surface area contributed by atoms with Gasteiger partial charge in [-0.3, -0.25) is 9.59 Å². The Kier molecular flexibility index (Phi) is 7.24. The normalized spacial score (nSPS) is 13.7. The molecule has 1 aliphatic heterocycles. The average molecular weight is 512 g/mol. The Hall–Kier alpha value is -2.43. The Labute approximate surface area is 182 Å². The number of ether oxygens (including phenoxy) is 1. The summed E-state index contributed by atoms with van der Waals surface area (Å²) >= 11 is 2.05. The van der Waals surface area contributed by atoms with Crippen LogP contribution in [0.3, 0.4) is 0 Å². The fraction of sp³-hybridized carbons (Fsp3) is 0.350. The van der Waals surface area contributed by atoms with E-state index >= 15 is 0 Å². The van der Waals surface area contributed by atoms with Gasteiger partial charge in [0.25, 0.3) is 11.8 Å². The first-order valence-corrected chi connectivity index (χ1v) is 10.8. The Morgan fingerprint density at radius 3 is 2.66 bits per heavy atom. The van der Waals surface area contributed by atoms with Gasteiger partial charge in [-0.2, -0.15) is 0 Å². The first-order valence-electron chi connectivity index (χ1n) is 9.30. The second-order valence-corrected chi connectivity index (χ2v) is 7.20. The summed E-state index contributed by atoms with van der Waals surface area (Å²) in [6.45, 7) is 1.50. The van der Waals surface area contributed by atoms with E-state index in [1.165, 1.54) is 25.4 Å². The highest BCUT2D eigenvalue weighted by atomic mass is 127. The molecule has 0 radical (unpaired) electrons. The maximum Gasteiger partial charge on any atom is 0.255 e. The van der Waals surface area contributed by atoms with Gasteiger partial charge in [0.15, 0.2) is 11.6 Å². The highest BCUT2D eigenvalue weighted by molar-refractivity contribution is 14.1. The number of carbonyl (C=O) groups is 2. The van der Waals surface area contributed by atoms with Gasteiger partial charge in [0.05, 0.1) is 11.1 Å². The van der Waals surface area contributed by atoms with Crippen LogP contribution in [0.4, 0.5) is 15.9 Å². The SMILES string of the molecule is CNC(=O)c1ccc(Nc2ncc(C(=O)N3CCCCC3)cc2OCI)cc1F. The number of carbonyl (C=O) groups excluding carboxylic acids is 2. The lowest BCUT2D eigenvalue weighted by atomic mass is 10.1. The van der Waals surface area contributed by atoms with Gasteiger partial charge in [0.2, 0.25) is 0 Å². The second kappa shape index (κ2) is 9.86. The lowest BCUT2D eigenvalue weighted by Crippen LogP contribution is -2.35. The van der Waals surface area contributed by atoms with E-state index in [-0.39, 0.29) is 11.5 Å². The highest BCUT2D eigenvalue weighted by Crippen LogP contribution is 2.28. The number of nitrogens with zero attached hydrogens (tertiary/aromatic N) is 2. The number of aromatic nitrogens is 1. The van der Waals surface area contributed by atoms with E-state index in [1.807, 2.05) is 4.90 Å². The third kappa shape index (κ3) is 5.14. The molecule has 154 valence electrons. The molecule has 1 aromatic heterocycles. The summed E-state index contributed by atoms with van der Waals surface area (Å²) in [6, 6.07) is 5.84. The molecule has 1 aromatic carbocycles. The van der Waals surface area contributed by atoms with Crippen LogP contribution in [0, 0.1) is 5.82 Å². The first kappa shape index (κ1) is 21.3. The van der Waals surface area contributed by atoms with Crippen molar-refractivity contribution in [1.29, 1.82) is 0 Å². The molecule has 0 saturated carbocycles. The molecular weight excluding hydrogens is 490 g/mol. The van der Waals surface area contributed by atoms with Crippen LogP contribution in [0.1, 0.15) is 40.0 Å². The number of likely N-dealkylation sites (tertiary alicyclic amines) is 1. The van der Waals surface area contributed by atoms with Crippen LogP contribution in [-0.2, 0) is 0 Å². The number of alkyl halides is 1. The molecule has 7 nitrogen and oxygen atoms in total. The minimum atomic E-state index is -0.650. The number of pyridine rings is 1. The summed E-state index contributed by atoms with van der Waals surface area (Å²) in [5, 5.41) is 5.38. The highest BCUT2D eigenvalue weighted by Gasteiger charge is 2.20. The van der Waals surface area contributed by atoms with Crippen molar-refractivity contribution < 1.29 is 18.7 Å². The molecule has 29 heavy (non-hydrogen) atoms. The molecule has 2 amide bonds. The van der Waals surface area contributed by atoms with Gasteiger partial charge >= 0.3 is 0 Å². The Morgan fingerprint density at radius 1 is 1.24 bits per heavy atom. The zero-order valence-corrected chi connectivity index (χ0v) is 18.2. The number of hydrogen-bond donors (Lipinski definition) is 2. The lowest BCUT2D eigenvalue weighted by Gasteiger charge is -2.26. The molecule has 3 rings (SSSR count). The fourth-order valence-corrected chi connectivity index (χ4v) is 3.49. The third-order valence-electron chi connectivity index (χ3n) is 4.66. The zero-order valence-electron chi connectivity index (χ0n) is 16.0. The Balaban J connectivity index is 1.82. The van der Waals surface area contributed by atoms with Crippen molar-refractivity contribution in [3.8, 4) is 5.75 Å². The predicted molar refractivity (Wildman–Crippen MR) is 117 cm³/mol. The summed E-state index contributed by atoms with van der Waals surface area (Å²) in [5.74, 6) is -0.450. The van der Waals surface area contributed by atoms with Crippen molar-refractivity contribution in [2.24, 2.45) is 0 Å². The molecule has 0 aliphatic carbocycles. The number of benzene rings is 1. The summed E-state index contributed by atoms with van der Waals surface area (Å²) < 4.78 is 20.2. The van der Waals surface area contributed by atoms with Crippen LogP contribution in [0.5, 0.6) is 5.75 Å². The minimum Gasteiger partial charge on any atom is -0.479 e. The molecule has 1 fully saturated rings. The van der Waals surface area contributed by atoms with Gasteiger partial charge in [0.1, 0.15) is 10.4 Å². The summed E-state index contributed by atoms with van der Waals surface area (Å²) in [7, 11) is 1.44. The van der Waals surface area contributed by atoms with Gasteiger partial charge in [-0.15, -0.1) is 0 Å². The van der Waals surface area contributed by atoms with Crippen molar-refractivity contribution in [2.45, 2.75) is 19.3 Å². The van der Waals surface area contributed by atoms with Gasteiger partial charge in [-0.1, -0.05) is 0 Å². The minimum absolute atomic E-state index is 0.0442. The smallest absolute Gasteiger partial charge is 0.255 e. The number of rotatable bonds is 6. The van der Waals surface area contributed by atoms with E-state index in [9.17, 15) is 14.0 Å². The van der Waals surface area contributed by atoms with Crippen LogP contribution in [0.15, 0.2) is 30.5 Å². The Morgan fingerprint density at radius 2 is 2.00 bits per heavy atom. The van der Waals surface area contributed by atoms with Gasteiger partial charge in [-0.05, 0) is 66.1 Å². The van der Waals surface area contributed by atoms with Crippen LogP contribution < -0.4 is 15.4 Å². The lowest BCUT2D eigenvalue weighted by molar-refractivity contribution is 0.0723. The second-order valence-electron chi connectivity index (χ2n) is 6.58. The summed E-state index contributed by atoms with van der Waals surface area (Å²) in [6.07, 6.45) is 4.65. The van der Waals surface area contributed by atoms with E-state index in [0.717, 1.165) is 32.4 Å². The third-order valence-corrected chi connectivity index (χ3v) is 4.97. The average Bonchev–Trinajstić information content (AvgIpc) is 2.75. The summed E-state index contributed by atoms with van der Waals surface area (Å²) in [4.78, 5) is 30.5. The first-order chi connectivity index (χ1) is 14.0. The monoisotopic (exact) mass is 512 g/mol. The number of piperidine rings is 1. The van der Waals surface area contributed by atoms with Crippen molar-refractivity contribution in [3.63, 3.8) is 0 Å². The van der Waals surface area contributed by atoms with Gasteiger partial charge in [-0.25, -0.2) is 9.37 Å². The van der Waals surface area contributed by atoms with Gasteiger partial charge in [0, 0.05) is 32.0 Å². The largest absolute Gasteiger partial charge is 0.479 e. The standard InChI is InChI=1S/C20H22FIN4O3/c1-23-19(27)15-6-5-14(10-16(15)21)25-18-17(29-12-22)9-13(11-24-18)20(28)26-7-3-2-4-8-26/h5-6,9-11H,2-4,7-8,12H2,1H3,(H,23,27)(H,24,25). The van der Waals surface area contributed by atoms with E-state index in [0.29, 0.717) is 27.4 Å².